The minimum atomic E-state index is 0.276. The number of hydrogen-bond acceptors (Lipinski definition) is 2. The molecule has 1 atom stereocenters. The van der Waals surface area contributed by atoms with Gasteiger partial charge in [-0.1, -0.05) is 26.7 Å². The molecular formula is C10H22O2. The van der Waals surface area contributed by atoms with Gasteiger partial charge < -0.3 is 9.84 Å². The molecular weight excluding hydrogens is 152 g/mol. The van der Waals surface area contributed by atoms with E-state index in [4.69, 9.17) is 9.84 Å². The van der Waals surface area contributed by atoms with Gasteiger partial charge in [0, 0.05) is 19.8 Å². The average molecular weight is 174 g/mol. The van der Waals surface area contributed by atoms with Gasteiger partial charge in [-0.25, -0.2) is 0 Å². The molecule has 0 radical (unpaired) electrons. The molecule has 1 N–H and O–H groups in total. The molecule has 0 saturated heterocycles. The quantitative estimate of drug-likeness (QED) is 0.572. The zero-order chi connectivity index (χ0) is 9.23. The third-order valence-corrected chi connectivity index (χ3v) is 1.96. The predicted octanol–water partition coefficient (Wildman–Crippen LogP) is 2.21. The first kappa shape index (κ1) is 11.9. The average Bonchev–Trinajstić information content (AvgIpc) is 2.10. The van der Waals surface area contributed by atoms with Crippen LogP contribution in [0.25, 0.3) is 0 Å². The van der Waals surface area contributed by atoms with Crippen LogP contribution in [0.1, 0.15) is 39.5 Å². The number of unbranched alkanes of at least 4 members (excludes halogenated alkanes) is 2. The summed E-state index contributed by atoms with van der Waals surface area (Å²) >= 11 is 0. The van der Waals surface area contributed by atoms with Gasteiger partial charge in [0.25, 0.3) is 0 Å². The topological polar surface area (TPSA) is 29.5 Å². The van der Waals surface area contributed by atoms with Gasteiger partial charge in [-0.3, -0.25) is 0 Å². The van der Waals surface area contributed by atoms with Gasteiger partial charge >= 0.3 is 0 Å². The van der Waals surface area contributed by atoms with Gasteiger partial charge in [-0.2, -0.15) is 0 Å². The highest BCUT2D eigenvalue weighted by atomic mass is 16.5. The summed E-state index contributed by atoms with van der Waals surface area (Å²) in [6.45, 7) is 6.18. The summed E-state index contributed by atoms with van der Waals surface area (Å²) in [7, 11) is 0. The van der Waals surface area contributed by atoms with E-state index in [1.807, 2.05) is 6.92 Å². The second kappa shape index (κ2) is 9.01. The van der Waals surface area contributed by atoms with Gasteiger partial charge in [-0.05, 0) is 18.8 Å². The van der Waals surface area contributed by atoms with E-state index >= 15 is 0 Å². The molecule has 12 heavy (non-hydrogen) atoms. The number of ether oxygens (including phenoxy) is 1. The van der Waals surface area contributed by atoms with E-state index < -0.39 is 0 Å². The number of hydrogen-bond donors (Lipinski definition) is 1. The van der Waals surface area contributed by atoms with E-state index in [9.17, 15) is 0 Å². The molecule has 0 aliphatic heterocycles. The fourth-order valence-corrected chi connectivity index (χ4v) is 0.932. The minimum absolute atomic E-state index is 0.276. The van der Waals surface area contributed by atoms with Gasteiger partial charge in [0.05, 0.1) is 0 Å². The molecule has 0 heterocycles. The molecule has 0 aromatic rings. The second-order valence-electron chi connectivity index (χ2n) is 3.40. The Morgan fingerprint density at radius 1 is 1.25 bits per heavy atom. The number of aliphatic hydroxyl groups is 1. The van der Waals surface area contributed by atoms with Gasteiger partial charge in [0.2, 0.25) is 0 Å². The Morgan fingerprint density at radius 2 is 2.00 bits per heavy atom. The fourth-order valence-electron chi connectivity index (χ4n) is 0.932. The normalized spacial score (nSPS) is 13.2. The first-order valence-electron chi connectivity index (χ1n) is 4.99. The summed E-state index contributed by atoms with van der Waals surface area (Å²) in [6.07, 6.45) is 4.65. The van der Waals surface area contributed by atoms with Crippen molar-refractivity contribution in [3.05, 3.63) is 0 Å². The van der Waals surface area contributed by atoms with Crippen molar-refractivity contribution in [1.82, 2.24) is 0 Å². The second-order valence-corrected chi connectivity index (χ2v) is 3.40. The Labute approximate surface area is 75.9 Å². The van der Waals surface area contributed by atoms with Crippen molar-refractivity contribution in [1.29, 1.82) is 0 Å². The van der Waals surface area contributed by atoms with Crippen molar-refractivity contribution in [2.45, 2.75) is 39.5 Å². The van der Waals surface area contributed by atoms with Crippen LogP contribution < -0.4 is 0 Å². The fraction of sp³-hybridized carbons (Fsp3) is 1.00. The lowest BCUT2D eigenvalue weighted by Gasteiger charge is -2.07. The molecule has 0 fully saturated rings. The van der Waals surface area contributed by atoms with Crippen molar-refractivity contribution in [2.75, 3.05) is 19.8 Å². The molecule has 0 bridgehead atoms. The van der Waals surface area contributed by atoms with Crippen LogP contribution in [0.4, 0.5) is 0 Å². The standard InChI is InChI=1S/C10H22O2/c1-3-4-5-7-12-8-6-10(2)9-11/h10-11H,3-9H2,1-2H3. The maximum atomic E-state index is 8.72. The molecule has 1 unspecified atom stereocenters. The maximum absolute atomic E-state index is 8.72. The van der Waals surface area contributed by atoms with Crippen LogP contribution in [0, 0.1) is 5.92 Å². The van der Waals surface area contributed by atoms with Gasteiger partial charge in [0.1, 0.15) is 0 Å². The first-order chi connectivity index (χ1) is 5.81. The Morgan fingerprint density at radius 3 is 2.58 bits per heavy atom. The largest absolute Gasteiger partial charge is 0.396 e. The molecule has 2 heteroatoms. The van der Waals surface area contributed by atoms with Crippen molar-refractivity contribution >= 4 is 0 Å². The van der Waals surface area contributed by atoms with Crippen LogP contribution in [0.5, 0.6) is 0 Å². The van der Waals surface area contributed by atoms with E-state index in [1.165, 1.54) is 19.3 Å². The summed E-state index contributed by atoms with van der Waals surface area (Å²) in [5.41, 5.74) is 0. The van der Waals surface area contributed by atoms with Crippen LogP contribution in [0.15, 0.2) is 0 Å². The van der Waals surface area contributed by atoms with E-state index in [1.54, 1.807) is 0 Å². The van der Waals surface area contributed by atoms with Crippen LogP contribution in [0.2, 0.25) is 0 Å². The lowest BCUT2D eigenvalue weighted by Crippen LogP contribution is -2.06. The molecule has 2 nitrogen and oxygen atoms in total. The summed E-state index contributed by atoms with van der Waals surface area (Å²) in [5, 5.41) is 8.72. The summed E-state index contributed by atoms with van der Waals surface area (Å²) in [5.74, 6) is 0.385. The molecule has 0 spiro atoms. The Balaban J connectivity index is 2.90. The van der Waals surface area contributed by atoms with Crippen LogP contribution >= 0.6 is 0 Å². The zero-order valence-electron chi connectivity index (χ0n) is 8.38. The van der Waals surface area contributed by atoms with Crippen molar-refractivity contribution in [3.8, 4) is 0 Å². The minimum Gasteiger partial charge on any atom is -0.396 e. The highest BCUT2D eigenvalue weighted by Crippen LogP contribution is 2.01. The Bertz CT molecular complexity index is 83.9. The molecule has 0 amide bonds. The maximum Gasteiger partial charge on any atom is 0.0469 e. The zero-order valence-corrected chi connectivity index (χ0v) is 8.38. The van der Waals surface area contributed by atoms with Crippen molar-refractivity contribution in [3.63, 3.8) is 0 Å². The summed E-state index contributed by atoms with van der Waals surface area (Å²) in [4.78, 5) is 0. The molecule has 0 rings (SSSR count). The number of rotatable bonds is 8. The van der Waals surface area contributed by atoms with Crippen LogP contribution in [-0.4, -0.2) is 24.9 Å². The monoisotopic (exact) mass is 174 g/mol. The van der Waals surface area contributed by atoms with Crippen molar-refractivity contribution < 1.29 is 9.84 Å². The molecule has 0 aromatic heterocycles. The van der Waals surface area contributed by atoms with E-state index in [0.717, 1.165) is 19.6 Å². The third-order valence-electron chi connectivity index (χ3n) is 1.96. The molecule has 0 aromatic carbocycles. The highest BCUT2D eigenvalue weighted by Gasteiger charge is 1.98. The Kier molecular flexibility index (Phi) is 8.95. The lowest BCUT2D eigenvalue weighted by atomic mass is 10.1. The summed E-state index contributed by atoms with van der Waals surface area (Å²) in [6, 6.07) is 0. The molecule has 74 valence electrons. The smallest absolute Gasteiger partial charge is 0.0469 e. The highest BCUT2D eigenvalue weighted by molar-refractivity contribution is 4.48. The lowest BCUT2D eigenvalue weighted by molar-refractivity contribution is 0.107. The molecule has 0 saturated carbocycles. The first-order valence-corrected chi connectivity index (χ1v) is 4.99. The number of aliphatic hydroxyl groups excluding tert-OH is 1. The van der Waals surface area contributed by atoms with Crippen LogP contribution in [-0.2, 0) is 4.74 Å². The summed E-state index contributed by atoms with van der Waals surface area (Å²) < 4.78 is 5.40. The van der Waals surface area contributed by atoms with E-state index in [2.05, 4.69) is 6.92 Å². The molecule has 0 aliphatic carbocycles. The predicted molar refractivity (Wildman–Crippen MR) is 51.2 cm³/mol. The van der Waals surface area contributed by atoms with E-state index in [0.29, 0.717) is 5.92 Å². The van der Waals surface area contributed by atoms with E-state index in [-0.39, 0.29) is 6.61 Å². The van der Waals surface area contributed by atoms with Gasteiger partial charge in [0.15, 0.2) is 0 Å². The molecule has 0 aliphatic rings. The van der Waals surface area contributed by atoms with Gasteiger partial charge in [-0.15, -0.1) is 0 Å². The van der Waals surface area contributed by atoms with Crippen LogP contribution in [0.3, 0.4) is 0 Å². The SMILES string of the molecule is CCCCCOCCC(C)CO. The third kappa shape index (κ3) is 8.02. The van der Waals surface area contributed by atoms with Crippen molar-refractivity contribution in [2.24, 2.45) is 5.92 Å². The Hall–Kier alpha value is -0.0800.